The van der Waals surface area contributed by atoms with E-state index in [0.29, 0.717) is 24.0 Å². The Morgan fingerprint density at radius 1 is 0.974 bits per heavy atom. The van der Waals surface area contributed by atoms with Crippen molar-refractivity contribution >= 4 is 61.9 Å². The number of sulfonamides is 1. The van der Waals surface area contributed by atoms with Crippen LogP contribution < -0.4 is 19.8 Å². The molecule has 0 bridgehead atoms. The van der Waals surface area contributed by atoms with E-state index < -0.39 is 10.0 Å². The normalized spacial score (nSPS) is 11.4. The van der Waals surface area contributed by atoms with Gasteiger partial charge in [-0.05, 0) is 59.8 Å². The molecule has 0 unspecified atom stereocenters. The lowest BCUT2D eigenvalue weighted by molar-refractivity contribution is 0.594. The van der Waals surface area contributed by atoms with Crippen molar-refractivity contribution < 1.29 is 8.42 Å². The van der Waals surface area contributed by atoms with Crippen LogP contribution in [-0.2, 0) is 23.6 Å². The van der Waals surface area contributed by atoms with E-state index in [1.54, 1.807) is 28.6 Å². The fourth-order valence-corrected chi connectivity index (χ4v) is 4.87. The number of aromatic nitrogens is 4. The molecular formula is C26H25ClN8O2S. The van der Waals surface area contributed by atoms with Crippen molar-refractivity contribution in [1.82, 2.24) is 23.8 Å². The van der Waals surface area contributed by atoms with Crippen molar-refractivity contribution in [3.8, 4) is 0 Å². The summed E-state index contributed by atoms with van der Waals surface area (Å²) in [5, 5.41) is 6.45. The van der Waals surface area contributed by atoms with Gasteiger partial charge in [0.1, 0.15) is 5.82 Å². The molecule has 12 heteroatoms. The monoisotopic (exact) mass is 548 g/mol. The van der Waals surface area contributed by atoms with Crippen LogP contribution in [0.3, 0.4) is 0 Å². The molecule has 2 heterocycles. The summed E-state index contributed by atoms with van der Waals surface area (Å²) in [6.45, 7) is 0.679. The van der Waals surface area contributed by atoms with E-state index in [2.05, 4.69) is 32.7 Å². The van der Waals surface area contributed by atoms with Crippen LogP contribution in [0.5, 0.6) is 0 Å². The summed E-state index contributed by atoms with van der Waals surface area (Å²) in [6.07, 6.45) is 1.63. The summed E-state index contributed by atoms with van der Waals surface area (Å²) < 4.78 is 27.8. The second kappa shape index (κ2) is 10.7. The zero-order valence-corrected chi connectivity index (χ0v) is 22.2. The molecule has 0 aliphatic carbocycles. The number of nitrogens with zero attached hydrogens (tertiary/aromatic N) is 5. The maximum Gasteiger partial charge on any atom is 0.253 e. The number of halogens is 1. The third kappa shape index (κ3) is 5.40. The Morgan fingerprint density at radius 3 is 2.58 bits per heavy atom. The summed E-state index contributed by atoms with van der Waals surface area (Å²) >= 11 is 5.34. The molecule has 10 nitrogen and oxygen atoms in total. The van der Waals surface area contributed by atoms with E-state index >= 15 is 0 Å². The molecule has 0 spiro atoms. The molecule has 0 saturated carbocycles. The van der Waals surface area contributed by atoms with Gasteiger partial charge >= 0.3 is 0 Å². The Balaban J connectivity index is 1.35. The Hall–Kier alpha value is -4.19. The Kier molecular flexibility index (Phi) is 7.14. The second-order valence-electron chi connectivity index (χ2n) is 8.54. The molecule has 3 N–H and O–H groups in total. The highest BCUT2D eigenvalue weighted by atomic mass is 35.5. The zero-order valence-electron chi connectivity index (χ0n) is 20.6. The highest BCUT2D eigenvalue weighted by Crippen LogP contribution is 2.28. The first-order valence-electron chi connectivity index (χ1n) is 11.6. The highest BCUT2D eigenvalue weighted by Gasteiger charge is 2.14. The molecule has 3 aromatic carbocycles. The molecule has 0 radical (unpaired) electrons. The minimum atomic E-state index is -3.79. The number of anilines is 5. The molecule has 38 heavy (non-hydrogen) atoms. The van der Waals surface area contributed by atoms with Crippen molar-refractivity contribution in [3.05, 3.63) is 90.6 Å². The maximum absolute atomic E-state index is 12.0. The summed E-state index contributed by atoms with van der Waals surface area (Å²) in [7, 11) is 0.0971. The third-order valence-electron chi connectivity index (χ3n) is 6.03. The minimum absolute atomic E-state index is 0.0204. The van der Waals surface area contributed by atoms with Crippen molar-refractivity contribution in [2.75, 3.05) is 22.6 Å². The van der Waals surface area contributed by atoms with Gasteiger partial charge in [-0.1, -0.05) is 36.4 Å². The van der Waals surface area contributed by atoms with E-state index in [0.717, 1.165) is 22.7 Å². The molecule has 2 aromatic heterocycles. The van der Waals surface area contributed by atoms with Gasteiger partial charge in [0.15, 0.2) is 0 Å². The van der Waals surface area contributed by atoms with E-state index in [1.165, 1.54) is 17.7 Å². The maximum atomic E-state index is 12.0. The second-order valence-corrected chi connectivity index (χ2v) is 10.6. The SMILES string of the molecule is CN(c1ccc2c(c1)nc(NCc1ccccc1)n2C)c1ccnc(Nc2cccc(S(=O)(=O)NCl)c2)n1. The highest BCUT2D eigenvalue weighted by molar-refractivity contribution is 7.90. The molecular weight excluding hydrogens is 524 g/mol. The van der Waals surface area contributed by atoms with Gasteiger partial charge in [-0.3, -0.25) is 0 Å². The molecule has 0 saturated heterocycles. The van der Waals surface area contributed by atoms with Gasteiger partial charge in [0.05, 0.1) is 15.9 Å². The minimum Gasteiger partial charge on any atom is -0.352 e. The van der Waals surface area contributed by atoms with Gasteiger partial charge in [0, 0.05) is 38.2 Å². The van der Waals surface area contributed by atoms with Crippen LogP contribution in [0.15, 0.2) is 90.0 Å². The van der Waals surface area contributed by atoms with Crippen LogP contribution >= 0.6 is 11.8 Å². The molecule has 0 aliphatic rings. The summed E-state index contributed by atoms with van der Waals surface area (Å²) in [5.74, 6) is 1.74. The summed E-state index contributed by atoms with van der Waals surface area (Å²) in [5.41, 5.74) is 4.44. The van der Waals surface area contributed by atoms with Gasteiger partial charge in [-0.15, -0.1) is 4.24 Å². The van der Waals surface area contributed by atoms with Gasteiger partial charge in [0.25, 0.3) is 10.0 Å². The van der Waals surface area contributed by atoms with E-state index in [1.807, 2.05) is 60.0 Å². The van der Waals surface area contributed by atoms with Gasteiger partial charge < -0.3 is 20.1 Å². The lowest BCUT2D eigenvalue weighted by Crippen LogP contribution is -2.14. The van der Waals surface area contributed by atoms with Crippen molar-refractivity contribution in [2.45, 2.75) is 11.4 Å². The first-order valence-corrected chi connectivity index (χ1v) is 13.5. The Bertz CT molecular complexity index is 1690. The number of hydrogen-bond acceptors (Lipinski definition) is 8. The van der Waals surface area contributed by atoms with Gasteiger partial charge in [0.2, 0.25) is 11.9 Å². The number of nitrogens with one attached hydrogen (secondary N) is 3. The predicted octanol–water partition coefficient (Wildman–Crippen LogP) is 4.92. The fourth-order valence-electron chi connectivity index (χ4n) is 3.98. The molecule has 0 aliphatic heterocycles. The topological polar surface area (TPSA) is 117 Å². The number of imidazole rings is 1. The number of aryl methyl sites for hydroxylation is 1. The van der Waals surface area contributed by atoms with Crippen LogP contribution in [0.4, 0.5) is 29.1 Å². The van der Waals surface area contributed by atoms with Crippen LogP contribution in [0.1, 0.15) is 5.56 Å². The van der Waals surface area contributed by atoms with E-state index in [4.69, 9.17) is 16.8 Å². The number of rotatable bonds is 9. The number of fused-ring (bicyclic) bond motifs is 1. The number of hydrogen-bond donors (Lipinski definition) is 3. The van der Waals surface area contributed by atoms with Crippen molar-refractivity contribution in [2.24, 2.45) is 7.05 Å². The Morgan fingerprint density at radius 2 is 1.79 bits per heavy atom. The molecule has 0 atom stereocenters. The standard InChI is InChI=1S/C26H25ClN8O2S/c1-34(24-13-14-28-25(32-24)30-19-9-6-10-21(15-19)38(36,37)33-27)20-11-12-23-22(16-20)31-26(35(23)2)29-17-18-7-4-3-5-8-18/h3-16,33H,17H2,1-2H3,(H,29,31)(H,28,30,32). The largest absolute Gasteiger partial charge is 0.352 e. The third-order valence-corrected chi connectivity index (χ3v) is 7.72. The molecule has 0 amide bonds. The quantitative estimate of drug-likeness (QED) is 0.222. The first kappa shape index (κ1) is 25.5. The lowest BCUT2D eigenvalue weighted by atomic mass is 10.2. The smallest absolute Gasteiger partial charge is 0.253 e. The van der Waals surface area contributed by atoms with Crippen molar-refractivity contribution in [1.29, 1.82) is 0 Å². The molecule has 5 rings (SSSR count). The molecule has 0 fully saturated rings. The van der Waals surface area contributed by atoms with Crippen LogP contribution in [0, 0.1) is 0 Å². The Labute approximate surface area is 225 Å². The average Bonchev–Trinajstić information content (AvgIpc) is 3.26. The summed E-state index contributed by atoms with van der Waals surface area (Å²) in [6, 6.07) is 24.2. The fraction of sp³-hybridized carbons (Fsp3) is 0.115. The van der Waals surface area contributed by atoms with Gasteiger partial charge in [-0.2, -0.15) is 4.98 Å². The van der Waals surface area contributed by atoms with Crippen LogP contribution in [0.2, 0.25) is 0 Å². The van der Waals surface area contributed by atoms with Crippen LogP contribution in [0.25, 0.3) is 11.0 Å². The van der Waals surface area contributed by atoms with Crippen LogP contribution in [-0.4, -0.2) is 35.0 Å². The first-order chi connectivity index (χ1) is 18.3. The average molecular weight is 549 g/mol. The number of benzene rings is 3. The zero-order chi connectivity index (χ0) is 26.7. The predicted molar refractivity (Wildman–Crippen MR) is 150 cm³/mol. The lowest BCUT2D eigenvalue weighted by Gasteiger charge is -2.19. The van der Waals surface area contributed by atoms with E-state index in [9.17, 15) is 8.42 Å². The van der Waals surface area contributed by atoms with Gasteiger partial charge in [-0.25, -0.2) is 18.4 Å². The van der Waals surface area contributed by atoms with E-state index in [-0.39, 0.29) is 4.90 Å². The molecule has 194 valence electrons. The summed E-state index contributed by atoms with van der Waals surface area (Å²) in [4.78, 5) is 15.6. The van der Waals surface area contributed by atoms with Crippen molar-refractivity contribution in [3.63, 3.8) is 0 Å². The molecule has 5 aromatic rings.